The number of ether oxygens (including phenoxy) is 1. The van der Waals surface area contributed by atoms with Crippen LogP contribution in [0.5, 0.6) is 11.5 Å². The zero-order chi connectivity index (χ0) is 23.5. The van der Waals surface area contributed by atoms with Gasteiger partial charge in [-0.15, -0.1) is 0 Å². The van der Waals surface area contributed by atoms with E-state index in [1.807, 2.05) is 36.4 Å². The van der Waals surface area contributed by atoms with Gasteiger partial charge >= 0.3 is 5.97 Å². The van der Waals surface area contributed by atoms with Gasteiger partial charge in [0.25, 0.3) is 0 Å². The van der Waals surface area contributed by atoms with Crippen LogP contribution in [-0.2, 0) is 6.42 Å². The van der Waals surface area contributed by atoms with Crippen molar-refractivity contribution in [2.75, 3.05) is 29.9 Å². The van der Waals surface area contributed by atoms with Gasteiger partial charge in [0.15, 0.2) is 5.75 Å². The number of hydrogen-bond acceptors (Lipinski definition) is 5. The van der Waals surface area contributed by atoms with Gasteiger partial charge in [-0.25, -0.2) is 4.79 Å². The molecule has 3 aromatic rings. The molecule has 6 nitrogen and oxygen atoms in total. The number of rotatable bonds is 14. The number of unbranched alkanes of at least 4 members (excludes halogenated alkanes) is 2. The van der Waals surface area contributed by atoms with Crippen LogP contribution in [0, 0.1) is 0 Å². The largest absolute Gasteiger partial charge is 0.478 e. The summed E-state index contributed by atoms with van der Waals surface area (Å²) in [5.74, 6) is 0.419. The van der Waals surface area contributed by atoms with Crippen LogP contribution >= 0.6 is 0 Å². The Labute approximate surface area is 196 Å². The van der Waals surface area contributed by atoms with Crippen LogP contribution in [0.15, 0.2) is 65.5 Å². The molecule has 0 aliphatic rings. The summed E-state index contributed by atoms with van der Waals surface area (Å²) in [4.78, 5) is 14.2. The fourth-order valence-electron chi connectivity index (χ4n) is 3.64. The molecular formula is C27H34N2O4. The van der Waals surface area contributed by atoms with Crippen LogP contribution in [0.4, 0.5) is 11.4 Å². The second-order valence-electron chi connectivity index (χ2n) is 8.09. The van der Waals surface area contributed by atoms with E-state index in [0.29, 0.717) is 23.7 Å². The molecule has 0 bridgehead atoms. The number of aromatic carboxylic acids is 1. The van der Waals surface area contributed by atoms with Crippen molar-refractivity contribution >= 4 is 17.3 Å². The number of carboxylic acid groups (broad SMARTS) is 1. The lowest BCUT2D eigenvalue weighted by Crippen LogP contribution is -2.26. The molecule has 2 aromatic carbocycles. The minimum atomic E-state index is -0.952. The van der Waals surface area contributed by atoms with Gasteiger partial charge in [0.1, 0.15) is 5.75 Å². The van der Waals surface area contributed by atoms with Crippen molar-refractivity contribution in [1.29, 1.82) is 0 Å². The maximum Gasteiger partial charge on any atom is 0.335 e. The molecule has 0 amide bonds. The molecule has 0 spiro atoms. The van der Waals surface area contributed by atoms with Gasteiger partial charge in [-0.3, -0.25) is 0 Å². The van der Waals surface area contributed by atoms with E-state index in [9.17, 15) is 9.90 Å². The Morgan fingerprint density at radius 2 is 1.79 bits per heavy atom. The highest BCUT2D eigenvalue weighted by Crippen LogP contribution is 2.41. The van der Waals surface area contributed by atoms with Crippen molar-refractivity contribution in [3.63, 3.8) is 0 Å². The summed E-state index contributed by atoms with van der Waals surface area (Å²) in [6, 6.07) is 15.0. The summed E-state index contributed by atoms with van der Waals surface area (Å²) in [5, 5.41) is 13.2. The molecule has 176 valence electrons. The topological polar surface area (TPSA) is 74.9 Å². The Bertz CT molecular complexity index is 979. The molecule has 0 atom stereocenters. The quantitative estimate of drug-likeness (QED) is 0.280. The molecule has 0 saturated heterocycles. The molecule has 6 heteroatoms. The molecule has 0 radical (unpaired) electrons. The van der Waals surface area contributed by atoms with Gasteiger partial charge < -0.3 is 24.5 Å². The van der Waals surface area contributed by atoms with Crippen molar-refractivity contribution in [3.05, 3.63) is 72.2 Å². The van der Waals surface area contributed by atoms with Gasteiger partial charge in [0.2, 0.25) is 0 Å². The Morgan fingerprint density at radius 1 is 1.06 bits per heavy atom. The van der Waals surface area contributed by atoms with Gasteiger partial charge in [-0.05, 0) is 55.2 Å². The first-order chi connectivity index (χ1) is 16.1. The predicted molar refractivity (Wildman–Crippen MR) is 133 cm³/mol. The molecule has 2 N–H and O–H groups in total. The standard InChI is InChI=1S/C27H34N2O4/c1-3-5-15-29(16-6-4-2)25-19-22(27(30)31)18-24(28-14-12-21-13-17-32-20-21)26(25)33-23-10-8-7-9-11-23/h7-11,13,17-20,28H,3-6,12,14-16H2,1-2H3,(H,30,31). The van der Waals surface area contributed by atoms with Gasteiger partial charge in [0.05, 0.1) is 29.5 Å². The van der Waals surface area contributed by atoms with Crippen LogP contribution in [0.25, 0.3) is 0 Å². The smallest absolute Gasteiger partial charge is 0.335 e. The maximum absolute atomic E-state index is 12.0. The van der Waals surface area contributed by atoms with Crippen LogP contribution in [0.3, 0.4) is 0 Å². The molecule has 3 rings (SSSR count). The van der Waals surface area contributed by atoms with Crippen molar-refractivity contribution < 1.29 is 19.1 Å². The molecule has 0 fully saturated rings. The second kappa shape index (κ2) is 12.6. The van der Waals surface area contributed by atoms with Crippen LogP contribution in [0.2, 0.25) is 0 Å². The lowest BCUT2D eigenvalue weighted by atomic mass is 10.1. The Balaban J connectivity index is 2.01. The van der Waals surface area contributed by atoms with E-state index in [1.165, 1.54) is 0 Å². The van der Waals surface area contributed by atoms with Crippen LogP contribution in [-0.4, -0.2) is 30.7 Å². The average Bonchev–Trinajstić information content (AvgIpc) is 3.34. The number of nitrogens with one attached hydrogen (secondary N) is 1. The van der Waals surface area contributed by atoms with Gasteiger partial charge in [-0.1, -0.05) is 44.9 Å². The minimum Gasteiger partial charge on any atom is -0.478 e. The lowest BCUT2D eigenvalue weighted by Gasteiger charge is -2.28. The molecule has 0 unspecified atom stereocenters. The van der Waals surface area contributed by atoms with Crippen molar-refractivity contribution in [3.8, 4) is 11.5 Å². The molecule has 1 heterocycles. The average molecular weight is 451 g/mol. The molecule has 0 aliphatic carbocycles. The molecule has 0 saturated carbocycles. The minimum absolute atomic E-state index is 0.245. The highest BCUT2D eigenvalue weighted by molar-refractivity contribution is 5.92. The predicted octanol–water partition coefficient (Wildman–Crippen LogP) is 6.83. The van der Waals surface area contributed by atoms with E-state index < -0.39 is 5.97 Å². The van der Waals surface area contributed by atoms with Gasteiger partial charge in [-0.2, -0.15) is 0 Å². The van der Waals surface area contributed by atoms with Crippen molar-refractivity contribution in [2.45, 2.75) is 46.0 Å². The number of furan rings is 1. The summed E-state index contributed by atoms with van der Waals surface area (Å²) >= 11 is 0. The molecular weight excluding hydrogens is 416 g/mol. The maximum atomic E-state index is 12.0. The third kappa shape index (κ3) is 7.04. The number of anilines is 2. The highest BCUT2D eigenvalue weighted by Gasteiger charge is 2.21. The van der Waals surface area contributed by atoms with E-state index in [0.717, 1.165) is 56.4 Å². The zero-order valence-electron chi connectivity index (χ0n) is 19.5. The summed E-state index contributed by atoms with van der Waals surface area (Å²) < 4.78 is 11.5. The number of benzene rings is 2. The number of carbonyl (C=O) groups is 1. The van der Waals surface area contributed by atoms with E-state index in [4.69, 9.17) is 9.15 Å². The number of para-hydroxylation sites is 1. The Morgan fingerprint density at radius 3 is 2.39 bits per heavy atom. The molecule has 33 heavy (non-hydrogen) atoms. The summed E-state index contributed by atoms with van der Waals surface area (Å²) in [5.41, 5.74) is 2.81. The fraction of sp³-hybridized carbons (Fsp3) is 0.370. The first kappa shape index (κ1) is 24.2. The normalized spacial score (nSPS) is 10.7. The van der Waals surface area contributed by atoms with E-state index in [1.54, 1.807) is 24.7 Å². The first-order valence-corrected chi connectivity index (χ1v) is 11.8. The second-order valence-corrected chi connectivity index (χ2v) is 8.09. The van der Waals surface area contributed by atoms with Crippen molar-refractivity contribution in [2.24, 2.45) is 0 Å². The van der Waals surface area contributed by atoms with E-state index in [-0.39, 0.29) is 5.56 Å². The van der Waals surface area contributed by atoms with Crippen LogP contribution < -0.4 is 15.0 Å². The van der Waals surface area contributed by atoms with Gasteiger partial charge in [0, 0.05) is 19.6 Å². The molecule has 1 aromatic heterocycles. The SMILES string of the molecule is CCCCN(CCCC)c1cc(C(=O)O)cc(NCCc2ccoc2)c1Oc1ccccc1. The summed E-state index contributed by atoms with van der Waals surface area (Å²) in [6.07, 6.45) is 8.30. The zero-order valence-corrected chi connectivity index (χ0v) is 19.5. The highest BCUT2D eigenvalue weighted by atomic mass is 16.5. The number of hydrogen-bond donors (Lipinski definition) is 2. The fourth-order valence-corrected chi connectivity index (χ4v) is 3.64. The van der Waals surface area contributed by atoms with Crippen LogP contribution in [0.1, 0.15) is 55.5 Å². The summed E-state index contributed by atoms with van der Waals surface area (Å²) in [7, 11) is 0. The van der Waals surface area contributed by atoms with E-state index >= 15 is 0 Å². The Kier molecular flexibility index (Phi) is 9.24. The number of nitrogens with zero attached hydrogens (tertiary/aromatic N) is 1. The number of carboxylic acids is 1. The monoisotopic (exact) mass is 450 g/mol. The first-order valence-electron chi connectivity index (χ1n) is 11.8. The summed E-state index contributed by atoms with van der Waals surface area (Å²) in [6.45, 7) is 6.64. The molecule has 0 aliphatic heterocycles. The lowest BCUT2D eigenvalue weighted by molar-refractivity contribution is 0.0697. The third-order valence-corrected chi connectivity index (χ3v) is 5.49. The van der Waals surface area contributed by atoms with Crippen molar-refractivity contribution in [1.82, 2.24) is 0 Å². The third-order valence-electron chi connectivity index (χ3n) is 5.49. The Hall–Kier alpha value is -3.41. The van der Waals surface area contributed by atoms with E-state index in [2.05, 4.69) is 24.1 Å².